The summed E-state index contributed by atoms with van der Waals surface area (Å²) in [6, 6.07) is 8.88. The van der Waals surface area contributed by atoms with Crippen molar-refractivity contribution in [2.24, 2.45) is 0 Å². The van der Waals surface area contributed by atoms with Gasteiger partial charge in [-0.1, -0.05) is 0 Å². The summed E-state index contributed by atoms with van der Waals surface area (Å²) in [6.07, 6.45) is 1.79. The lowest BCUT2D eigenvalue weighted by Crippen LogP contribution is -2.10. The van der Waals surface area contributed by atoms with E-state index >= 15 is 0 Å². The van der Waals surface area contributed by atoms with E-state index in [0.29, 0.717) is 11.2 Å². The molecule has 0 N–H and O–H groups in total. The summed E-state index contributed by atoms with van der Waals surface area (Å²) in [6.45, 7) is 0. The zero-order valence-corrected chi connectivity index (χ0v) is 9.06. The zero-order chi connectivity index (χ0) is 12.3. The molecular formula is C13H9BFNO. The number of hydrogen-bond donors (Lipinski definition) is 0. The van der Waals surface area contributed by atoms with Gasteiger partial charge in [0.2, 0.25) is 0 Å². The van der Waals surface area contributed by atoms with Crippen LogP contribution in [0.25, 0.3) is 0 Å². The number of nitrogens with zero attached hydrogens (tertiary/aromatic N) is 1. The van der Waals surface area contributed by atoms with Gasteiger partial charge in [0.1, 0.15) is 13.7 Å². The largest absolute Gasteiger partial charge is 0.294 e. The van der Waals surface area contributed by atoms with E-state index in [4.69, 9.17) is 7.85 Å². The molecule has 0 aliphatic carbocycles. The molecule has 0 amide bonds. The van der Waals surface area contributed by atoms with E-state index in [1.165, 1.54) is 24.3 Å². The number of Topliss-reactive ketones (excluding diaryl/α,β-unsaturated/α-hetero) is 1. The van der Waals surface area contributed by atoms with Crippen molar-refractivity contribution in [2.75, 3.05) is 0 Å². The molecule has 0 saturated carbocycles. The average Bonchev–Trinajstić information content (AvgIpc) is 2.29. The summed E-state index contributed by atoms with van der Waals surface area (Å²) in [7, 11) is 5.52. The molecule has 0 saturated heterocycles. The predicted octanol–water partition coefficient (Wildman–Crippen LogP) is 1.44. The Morgan fingerprint density at radius 1 is 1.24 bits per heavy atom. The molecule has 4 heteroatoms. The molecule has 0 aliphatic heterocycles. The third-order valence-electron chi connectivity index (χ3n) is 2.38. The number of pyridine rings is 1. The topological polar surface area (TPSA) is 30.0 Å². The van der Waals surface area contributed by atoms with Crippen molar-refractivity contribution < 1.29 is 9.18 Å². The van der Waals surface area contributed by atoms with Gasteiger partial charge in [0.25, 0.3) is 0 Å². The lowest BCUT2D eigenvalue weighted by atomic mass is 9.98. The Hall–Kier alpha value is -1.97. The number of aromatic nitrogens is 1. The lowest BCUT2D eigenvalue weighted by molar-refractivity contribution is 0.0993. The van der Waals surface area contributed by atoms with Crippen molar-refractivity contribution in [3.63, 3.8) is 0 Å². The highest BCUT2D eigenvalue weighted by Crippen LogP contribution is 2.07. The molecule has 1 aromatic heterocycles. The van der Waals surface area contributed by atoms with E-state index in [2.05, 4.69) is 4.98 Å². The van der Waals surface area contributed by atoms with E-state index < -0.39 is 0 Å². The van der Waals surface area contributed by atoms with Gasteiger partial charge in [0.05, 0.1) is 0 Å². The van der Waals surface area contributed by atoms with Crippen molar-refractivity contribution >= 4 is 19.2 Å². The fourth-order valence-electron chi connectivity index (χ4n) is 1.53. The van der Waals surface area contributed by atoms with Crippen molar-refractivity contribution in [3.8, 4) is 0 Å². The predicted molar refractivity (Wildman–Crippen MR) is 64.1 cm³/mol. The van der Waals surface area contributed by atoms with Gasteiger partial charge in [-0.2, -0.15) is 0 Å². The SMILES string of the molecule is [B]c1cc(CC(=O)c2ccc(F)cc2)ccn1. The van der Waals surface area contributed by atoms with Crippen LogP contribution in [0.3, 0.4) is 0 Å². The number of halogens is 1. The maximum absolute atomic E-state index is 12.7. The first-order valence-electron chi connectivity index (χ1n) is 5.14. The number of benzene rings is 1. The van der Waals surface area contributed by atoms with Crippen LogP contribution in [-0.2, 0) is 6.42 Å². The quantitative estimate of drug-likeness (QED) is 0.584. The molecule has 0 aliphatic rings. The molecule has 82 valence electrons. The molecule has 2 aromatic rings. The van der Waals surface area contributed by atoms with Crippen LogP contribution in [0.4, 0.5) is 4.39 Å². The number of ketones is 1. The molecule has 0 spiro atoms. The molecule has 1 aromatic carbocycles. The lowest BCUT2D eigenvalue weighted by Gasteiger charge is -2.02. The van der Waals surface area contributed by atoms with Gasteiger partial charge in [0, 0.05) is 18.2 Å². The molecule has 1 heterocycles. The summed E-state index contributed by atoms with van der Waals surface area (Å²) in [4.78, 5) is 15.7. The molecule has 0 fully saturated rings. The van der Waals surface area contributed by atoms with E-state index in [9.17, 15) is 9.18 Å². The summed E-state index contributed by atoms with van der Waals surface area (Å²) in [5.41, 5.74) is 1.67. The standard InChI is InChI=1S/C13H9BFNO/c14-13-8-9(5-6-16-13)7-12(17)10-1-3-11(15)4-2-10/h1-6,8H,7H2. The monoisotopic (exact) mass is 225 g/mol. The van der Waals surface area contributed by atoms with Gasteiger partial charge < -0.3 is 0 Å². The van der Waals surface area contributed by atoms with E-state index in [1.54, 1.807) is 18.3 Å². The zero-order valence-electron chi connectivity index (χ0n) is 9.06. The first-order chi connectivity index (χ1) is 8.15. The molecular weight excluding hydrogens is 216 g/mol. The maximum atomic E-state index is 12.7. The van der Waals surface area contributed by atoms with Crippen LogP contribution < -0.4 is 5.59 Å². The normalized spacial score (nSPS) is 10.2. The second kappa shape index (κ2) is 4.91. The molecule has 2 nitrogen and oxygen atoms in total. The van der Waals surface area contributed by atoms with Gasteiger partial charge in [-0.25, -0.2) is 4.39 Å². The molecule has 17 heavy (non-hydrogen) atoms. The summed E-state index contributed by atoms with van der Waals surface area (Å²) in [5.74, 6) is -0.426. The van der Waals surface area contributed by atoms with E-state index in [0.717, 1.165) is 5.56 Å². The van der Waals surface area contributed by atoms with Crippen molar-refractivity contribution in [3.05, 3.63) is 59.5 Å². The number of carbonyl (C=O) groups is 1. The van der Waals surface area contributed by atoms with Crippen molar-refractivity contribution in [2.45, 2.75) is 6.42 Å². The van der Waals surface area contributed by atoms with E-state index in [-0.39, 0.29) is 18.0 Å². The Morgan fingerprint density at radius 2 is 1.94 bits per heavy atom. The van der Waals surface area contributed by atoms with Crippen LogP contribution in [0.2, 0.25) is 0 Å². The second-order valence-corrected chi connectivity index (χ2v) is 3.70. The minimum atomic E-state index is -0.352. The third-order valence-corrected chi connectivity index (χ3v) is 2.38. The molecule has 2 radical (unpaired) electrons. The molecule has 0 bridgehead atoms. The first-order valence-corrected chi connectivity index (χ1v) is 5.14. The summed E-state index contributed by atoms with van der Waals surface area (Å²) >= 11 is 0. The van der Waals surface area contributed by atoms with Gasteiger partial charge in [-0.15, -0.1) is 0 Å². The number of rotatable bonds is 3. The fraction of sp³-hybridized carbons (Fsp3) is 0.0769. The van der Waals surface area contributed by atoms with Crippen molar-refractivity contribution in [1.29, 1.82) is 0 Å². The first kappa shape index (κ1) is 11.5. The van der Waals surface area contributed by atoms with Gasteiger partial charge in [-0.3, -0.25) is 9.78 Å². The highest BCUT2D eigenvalue weighted by Gasteiger charge is 2.07. The van der Waals surface area contributed by atoms with Crippen molar-refractivity contribution in [1.82, 2.24) is 4.98 Å². The number of hydrogen-bond acceptors (Lipinski definition) is 2. The van der Waals surface area contributed by atoms with Crippen LogP contribution >= 0.6 is 0 Å². The van der Waals surface area contributed by atoms with Gasteiger partial charge in [-0.05, 0) is 47.6 Å². The van der Waals surface area contributed by atoms with Gasteiger partial charge >= 0.3 is 0 Å². The van der Waals surface area contributed by atoms with Crippen LogP contribution in [0.5, 0.6) is 0 Å². The van der Waals surface area contributed by atoms with Crippen LogP contribution in [0.1, 0.15) is 15.9 Å². The maximum Gasteiger partial charge on any atom is 0.167 e. The smallest absolute Gasteiger partial charge is 0.167 e. The van der Waals surface area contributed by atoms with E-state index in [1.807, 2.05) is 0 Å². The third kappa shape index (κ3) is 3.00. The Labute approximate surface area is 99.9 Å². The van der Waals surface area contributed by atoms with Crippen LogP contribution in [-0.4, -0.2) is 18.6 Å². The van der Waals surface area contributed by atoms with Crippen LogP contribution in [0.15, 0.2) is 42.6 Å². The average molecular weight is 225 g/mol. The Balaban J connectivity index is 2.14. The minimum absolute atomic E-state index is 0.0735. The summed E-state index contributed by atoms with van der Waals surface area (Å²) in [5, 5.41) is 0. The fourth-order valence-corrected chi connectivity index (χ4v) is 1.53. The van der Waals surface area contributed by atoms with Crippen LogP contribution in [0, 0.1) is 5.82 Å². The minimum Gasteiger partial charge on any atom is -0.294 e. The summed E-state index contributed by atoms with van der Waals surface area (Å²) < 4.78 is 12.7. The second-order valence-electron chi connectivity index (χ2n) is 3.70. The Bertz CT molecular complexity index is 539. The Kier molecular flexibility index (Phi) is 3.33. The highest BCUT2D eigenvalue weighted by molar-refractivity contribution is 6.30. The highest BCUT2D eigenvalue weighted by atomic mass is 19.1. The molecule has 0 unspecified atom stereocenters. The Morgan fingerprint density at radius 3 is 2.59 bits per heavy atom. The molecule has 2 rings (SSSR count). The van der Waals surface area contributed by atoms with Gasteiger partial charge in [0.15, 0.2) is 5.78 Å². The molecule has 0 atom stereocenters. The number of carbonyl (C=O) groups excluding carboxylic acids is 1.